The van der Waals surface area contributed by atoms with Crippen molar-refractivity contribution in [3.05, 3.63) is 64.8 Å². The Morgan fingerprint density at radius 2 is 2.16 bits per heavy atom. The van der Waals surface area contributed by atoms with Gasteiger partial charge in [0.05, 0.1) is 28.3 Å². The highest BCUT2D eigenvalue weighted by atomic mass is 19.1. The number of hydrogen-bond acceptors (Lipinski definition) is 5. The van der Waals surface area contributed by atoms with Crippen molar-refractivity contribution in [3.63, 3.8) is 0 Å². The second-order valence-corrected chi connectivity index (χ2v) is 8.39. The van der Waals surface area contributed by atoms with Gasteiger partial charge in [0.1, 0.15) is 0 Å². The van der Waals surface area contributed by atoms with Crippen molar-refractivity contribution in [2.75, 3.05) is 18.0 Å². The second-order valence-electron chi connectivity index (χ2n) is 8.39. The number of fused-ring (bicyclic) bond motifs is 2. The molecule has 3 aliphatic rings. The van der Waals surface area contributed by atoms with E-state index >= 15 is 4.39 Å². The predicted octanol–water partition coefficient (Wildman–Crippen LogP) is 3.44. The van der Waals surface area contributed by atoms with Gasteiger partial charge in [-0.25, -0.2) is 9.18 Å². The lowest BCUT2D eigenvalue weighted by atomic mass is 9.85. The molecule has 2 fully saturated rings. The summed E-state index contributed by atoms with van der Waals surface area (Å²) < 4.78 is 22.2. The molecule has 7 nitrogen and oxygen atoms in total. The summed E-state index contributed by atoms with van der Waals surface area (Å²) in [6, 6.07) is 1.76. The van der Waals surface area contributed by atoms with Gasteiger partial charge in [0.15, 0.2) is 11.6 Å². The van der Waals surface area contributed by atoms with Crippen LogP contribution in [0, 0.1) is 11.7 Å². The summed E-state index contributed by atoms with van der Waals surface area (Å²) in [4.78, 5) is 26.0. The van der Waals surface area contributed by atoms with Crippen LogP contribution in [-0.2, 0) is 0 Å². The number of ether oxygens (including phenoxy) is 1. The first-order valence-corrected chi connectivity index (χ1v) is 10.2. The van der Waals surface area contributed by atoms with Gasteiger partial charge in [-0.15, -0.1) is 0 Å². The molecule has 2 atom stereocenters. The largest absolute Gasteiger partial charge is 0.511 e. The van der Waals surface area contributed by atoms with Gasteiger partial charge in [-0.2, -0.15) is 0 Å². The number of anilines is 1. The Hall–Kier alpha value is -3.39. The number of pyridine rings is 1. The van der Waals surface area contributed by atoms with Crippen LogP contribution in [0.5, 0.6) is 5.75 Å². The molecule has 0 radical (unpaired) electrons. The summed E-state index contributed by atoms with van der Waals surface area (Å²) in [7, 11) is 0. The maximum atomic E-state index is 15.7. The van der Waals surface area contributed by atoms with E-state index in [-0.39, 0.29) is 28.7 Å². The lowest BCUT2D eigenvalue weighted by molar-refractivity contribution is 0.143. The molecule has 2 aromatic rings. The van der Waals surface area contributed by atoms with Crippen LogP contribution in [0.2, 0.25) is 0 Å². The minimum Gasteiger partial charge on any atom is -0.449 e. The first kappa shape index (κ1) is 19.6. The standard InChI is InChI=1S/C23H22FN3O4/c1-2-15-19-16(27(14-6-7-14)11-18(21(19)28)31-22(29)30)9-17(20(15)24)26-10-13-5-3-4-8-23(13,25)12-26/h2-5,8-9,11,13-14H,1,6-7,10,12,25H2,(H,29,30). The molecule has 1 aliphatic heterocycles. The maximum absolute atomic E-state index is 15.7. The number of allylic oxidation sites excluding steroid dienone is 2. The fourth-order valence-corrected chi connectivity index (χ4v) is 4.67. The van der Waals surface area contributed by atoms with Crippen molar-refractivity contribution in [1.82, 2.24) is 4.57 Å². The highest BCUT2D eigenvalue weighted by molar-refractivity contribution is 5.93. The fourth-order valence-electron chi connectivity index (χ4n) is 4.67. The molecule has 2 aliphatic carbocycles. The zero-order valence-electron chi connectivity index (χ0n) is 16.8. The summed E-state index contributed by atoms with van der Waals surface area (Å²) in [5.41, 5.74) is 6.21. The number of hydrogen-bond donors (Lipinski definition) is 2. The van der Waals surface area contributed by atoms with E-state index in [1.165, 1.54) is 12.3 Å². The Kier molecular flexibility index (Phi) is 4.30. The van der Waals surface area contributed by atoms with Crippen molar-refractivity contribution in [3.8, 4) is 5.75 Å². The van der Waals surface area contributed by atoms with E-state index in [1.54, 1.807) is 6.07 Å². The van der Waals surface area contributed by atoms with E-state index in [0.29, 0.717) is 24.3 Å². The molecule has 5 rings (SSSR count). The van der Waals surface area contributed by atoms with Crippen LogP contribution < -0.4 is 20.8 Å². The average Bonchev–Trinajstić information content (AvgIpc) is 3.50. The molecule has 1 saturated carbocycles. The molecule has 8 heteroatoms. The molecular formula is C23H22FN3O4. The summed E-state index contributed by atoms with van der Waals surface area (Å²) in [5, 5.41) is 9.08. The highest BCUT2D eigenvalue weighted by Gasteiger charge is 2.42. The van der Waals surface area contributed by atoms with Gasteiger partial charge >= 0.3 is 6.16 Å². The van der Waals surface area contributed by atoms with E-state index < -0.39 is 22.9 Å². The van der Waals surface area contributed by atoms with E-state index in [4.69, 9.17) is 15.6 Å². The molecule has 3 N–H and O–H groups in total. The second kappa shape index (κ2) is 6.81. The van der Waals surface area contributed by atoms with Crippen LogP contribution in [0.25, 0.3) is 17.0 Å². The van der Waals surface area contributed by atoms with Crippen LogP contribution >= 0.6 is 0 Å². The number of carboxylic acid groups (broad SMARTS) is 1. The Bertz CT molecular complexity index is 1240. The predicted molar refractivity (Wildman–Crippen MR) is 116 cm³/mol. The third kappa shape index (κ3) is 3.06. The zero-order chi connectivity index (χ0) is 21.9. The molecule has 1 aromatic heterocycles. The number of carbonyl (C=O) groups is 1. The zero-order valence-corrected chi connectivity index (χ0v) is 16.8. The van der Waals surface area contributed by atoms with Crippen molar-refractivity contribution in [2.45, 2.75) is 24.4 Å². The maximum Gasteiger partial charge on any atom is 0.511 e. The molecule has 1 saturated heterocycles. The number of nitrogens with two attached hydrogens (primary N) is 1. The van der Waals surface area contributed by atoms with Crippen LogP contribution in [0.3, 0.4) is 0 Å². The van der Waals surface area contributed by atoms with Crippen LogP contribution in [0.15, 0.2) is 47.9 Å². The van der Waals surface area contributed by atoms with Crippen molar-refractivity contribution in [1.29, 1.82) is 0 Å². The normalized spacial score (nSPS) is 24.5. The van der Waals surface area contributed by atoms with E-state index in [2.05, 4.69) is 6.58 Å². The van der Waals surface area contributed by atoms with Gasteiger partial charge in [-0.3, -0.25) is 4.79 Å². The number of nitrogens with zero attached hydrogens (tertiary/aromatic N) is 2. The Balaban J connectivity index is 1.73. The third-order valence-corrected chi connectivity index (χ3v) is 6.36. The summed E-state index contributed by atoms with van der Waals surface area (Å²) in [5.74, 6) is -0.869. The summed E-state index contributed by atoms with van der Waals surface area (Å²) in [6.07, 6.45) is 10.7. The van der Waals surface area contributed by atoms with E-state index in [1.807, 2.05) is 33.8 Å². The first-order valence-electron chi connectivity index (χ1n) is 10.2. The first-order chi connectivity index (χ1) is 14.8. The summed E-state index contributed by atoms with van der Waals surface area (Å²) >= 11 is 0. The van der Waals surface area contributed by atoms with Gasteiger partial charge in [-0.1, -0.05) is 37.0 Å². The van der Waals surface area contributed by atoms with Gasteiger partial charge in [0.25, 0.3) is 0 Å². The number of aromatic nitrogens is 1. The summed E-state index contributed by atoms with van der Waals surface area (Å²) in [6.45, 7) is 4.69. The smallest absolute Gasteiger partial charge is 0.449 e. The van der Waals surface area contributed by atoms with E-state index in [0.717, 1.165) is 12.8 Å². The lowest BCUT2D eigenvalue weighted by Crippen LogP contribution is -2.46. The lowest BCUT2D eigenvalue weighted by Gasteiger charge is -2.27. The van der Waals surface area contributed by atoms with Crippen LogP contribution in [0.1, 0.15) is 24.4 Å². The van der Waals surface area contributed by atoms with E-state index in [9.17, 15) is 9.59 Å². The topological polar surface area (TPSA) is 97.8 Å². The average molecular weight is 423 g/mol. The SMILES string of the molecule is C=Cc1c(F)c(N2CC3C=CC=CC3(N)C2)cc2c1c(=O)c(OC(=O)O)cn2C1CC1. The van der Waals surface area contributed by atoms with Crippen molar-refractivity contribution < 1.29 is 19.0 Å². The quantitative estimate of drug-likeness (QED) is 0.732. The number of benzene rings is 1. The molecule has 2 heterocycles. The van der Waals surface area contributed by atoms with Crippen molar-refractivity contribution >= 4 is 28.8 Å². The molecular weight excluding hydrogens is 401 g/mol. The van der Waals surface area contributed by atoms with Gasteiger partial charge in [0, 0.05) is 30.6 Å². The van der Waals surface area contributed by atoms with Crippen LogP contribution in [0.4, 0.5) is 14.9 Å². The Labute approximate surface area is 177 Å². The molecule has 0 amide bonds. The molecule has 31 heavy (non-hydrogen) atoms. The molecule has 0 bridgehead atoms. The van der Waals surface area contributed by atoms with Gasteiger partial charge in [-0.05, 0) is 18.9 Å². The van der Waals surface area contributed by atoms with Crippen LogP contribution in [-0.4, -0.2) is 34.5 Å². The fraction of sp³-hybridized carbons (Fsp3) is 0.304. The minimum atomic E-state index is -1.59. The Morgan fingerprint density at radius 3 is 2.81 bits per heavy atom. The highest BCUT2D eigenvalue weighted by Crippen LogP contribution is 2.42. The minimum absolute atomic E-state index is 0.0368. The van der Waals surface area contributed by atoms with Crippen molar-refractivity contribution in [2.24, 2.45) is 11.7 Å². The molecule has 1 aromatic carbocycles. The monoisotopic (exact) mass is 423 g/mol. The Morgan fingerprint density at radius 1 is 1.39 bits per heavy atom. The number of halogens is 1. The molecule has 160 valence electrons. The van der Waals surface area contributed by atoms with Gasteiger partial charge < -0.3 is 25.0 Å². The van der Waals surface area contributed by atoms with Gasteiger partial charge in [0.2, 0.25) is 5.43 Å². The third-order valence-electron chi connectivity index (χ3n) is 6.36. The molecule has 2 unspecified atom stereocenters. The molecule has 0 spiro atoms. The number of rotatable bonds is 4.